The maximum absolute atomic E-state index is 13.3. The molecule has 10 nitrogen and oxygen atoms in total. The number of nitrogens with one attached hydrogen (secondary N) is 1. The van der Waals surface area contributed by atoms with Crippen molar-refractivity contribution in [3.8, 4) is 11.1 Å². The quantitative estimate of drug-likeness (QED) is 0.248. The molecule has 2 N–H and O–H groups in total. The molecule has 0 radical (unpaired) electrons. The van der Waals surface area contributed by atoms with Gasteiger partial charge >= 0.3 is 5.97 Å². The zero-order valence-electron chi connectivity index (χ0n) is 19.8. The monoisotopic (exact) mass is 515 g/mol. The van der Waals surface area contributed by atoms with Gasteiger partial charge in [0.15, 0.2) is 21.9 Å². The average molecular weight is 516 g/mol. The predicted molar refractivity (Wildman–Crippen MR) is 129 cm³/mol. The van der Waals surface area contributed by atoms with Crippen LogP contribution in [0, 0.1) is 0 Å². The topological polar surface area (TPSA) is 149 Å². The van der Waals surface area contributed by atoms with Crippen LogP contribution in [-0.4, -0.2) is 43.9 Å². The van der Waals surface area contributed by atoms with E-state index in [4.69, 9.17) is 14.2 Å². The third kappa shape index (κ3) is 6.25. The Balaban J connectivity index is 2.24. The lowest BCUT2D eigenvalue weighted by Gasteiger charge is -2.20. The van der Waals surface area contributed by atoms with Gasteiger partial charge in [-0.25, -0.2) is 13.2 Å². The summed E-state index contributed by atoms with van der Waals surface area (Å²) in [6.45, 7) is 3.97. The number of anilines is 1. The summed E-state index contributed by atoms with van der Waals surface area (Å²) in [5.41, 5.74) is -1.02. The van der Waals surface area contributed by atoms with Crippen LogP contribution in [-0.2, 0) is 30.2 Å². The van der Waals surface area contributed by atoms with Gasteiger partial charge in [-0.3, -0.25) is 14.5 Å². The maximum Gasteiger partial charge on any atom is 0.375 e. The minimum Gasteiger partial charge on any atom is -0.461 e. The van der Waals surface area contributed by atoms with Crippen LogP contribution in [0.5, 0.6) is 0 Å². The zero-order valence-corrected chi connectivity index (χ0v) is 20.6. The molecule has 0 atom stereocenters. The second kappa shape index (κ2) is 10.9. The fourth-order valence-electron chi connectivity index (χ4n) is 3.29. The van der Waals surface area contributed by atoms with E-state index in [1.54, 1.807) is 39.0 Å². The third-order valence-corrected chi connectivity index (χ3v) is 6.49. The number of benzene rings is 2. The molecule has 0 bridgehead atoms. The minimum atomic E-state index is -3.93. The molecule has 0 aliphatic rings. The molecule has 0 fully saturated rings. The molecule has 0 aliphatic heterocycles. The van der Waals surface area contributed by atoms with E-state index in [0.717, 1.165) is 0 Å². The van der Waals surface area contributed by atoms with Crippen LogP contribution in [0.2, 0.25) is 0 Å². The maximum atomic E-state index is 13.3. The molecule has 3 rings (SSSR count). The molecule has 0 spiro atoms. The highest BCUT2D eigenvalue weighted by molar-refractivity contribution is 7.90. The normalized spacial score (nSPS) is 11.7. The molecule has 1 aromatic heterocycles. The van der Waals surface area contributed by atoms with E-state index in [2.05, 4.69) is 5.32 Å². The number of furan rings is 1. The summed E-state index contributed by atoms with van der Waals surface area (Å²) in [4.78, 5) is 47.1. The predicted octanol–water partition coefficient (Wildman–Crippen LogP) is 3.55. The van der Waals surface area contributed by atoms with Crippen LogP contribution in [0.25, 0.3) is 11.1 Å². The fourth-order valence-corrected chi connectivity index (χ4v) is 4.68. The van der Waals surface area contributed by atoms with Gasteiger partial charge in [0.1, 0.15) is 12.2 Å². The molecule has 3 aromatic rings. The van der Waals surface area contributed by atoms with Gasteiger partial charge in [-0.2, -0.15) is 4.89 Å². The van der Waals surface area contributed by atoms with E-state index in [1.807, 2.05) is 0 Å². The largest absolute Gasteiger partial charge is 0.461 e. The Morgan fingerprint density at radius 3 is 2.36 bits per heavy atom. The highest BCUT2D eigenvalue weighted by Gasteiger charge is 2.29. The van der Waals surface area contributed by atoms with Gasteiger partial charge in [0.25, 0.3) is 0 Å². The lowest BCUT2D eigenvalue weighted by molar-refractivity contribution is -0.301. The van der Waals surface area contributed by atoms with Crippen LogP contribution >= 0.6 is 0 Å². The number of aldehydes is 1. The van der Waals surface area contributed by atoms with Gasteiger partial charge in [-0.05, 0) is 44.5 Å². The van der Waals surface area contributed by atoms with Crippen molar-refractivity contribution in [2.24, 2.45) is 0 Å². The van der Waals surface area contributed by atoms with Crippen LogP contribution in [0.1, 0.15) is 47.2 Å². The summed E-state index contributed by atoms with van der Waals surface area (Å²) < 4.78 is 31.4. The molecule has 0 saturated carbocycles. The lowest BCUT2D eigenvalue weighted by atomic mass is 9.96. The molecule has 190 valence electrons. The number of carbonyl (C=O) groups excluding carboxylic acids is 3. The first-order chi connectivity index (χ1) is 17.0. The molecule has 2 aromatic carbocycles. The summed E-state index contributed by atoms with van der Waals surface area (Å²) in [5.74, 6) is -2.69. The number of sulfone groups is 1. The minimum absolute atomic E-state index is 0.00509. The van der Waals surface area contributed by atoms with Crippen molar-refractivity contribution in [3.05, 3.63) is 71.7 Å². The first-order valence-corrected chi connectivity index (χ1v) is 12.4. The second-order valence-corrected chi connectivity index (χ2v) is 10.7. The molecule has 0 saturated heterocycles. The molecule has 1 heterocycles. The Bertz CT molecular complexity index is 1370. The van der Waals surface area contributed by atoms with Crippen molar-refractivity contribution in [3.63, 3.8) is 0 Å². The Kier molecular flexibility index (Phi) is 8.08. The fraction of sp³-hybridized carbons (Fsp3) is 0.240. The molecule has 36 heavy (non-hydrogen) atoms. The Morgan fingerprint density at radius 2 is 1.75 bits per heavy atom. The van der Waals surface area contributed by atoms with Gasteiger partial charge < -0.3 is 14.8 Å². The first-order valence-electron chi connectivity index (χ1n) is 10.7. The van der Waals surface area contributed by atoms with Crippen molar-refractivity contribution in [1.29, 1.82) is 0 Å². The summed E-state index contributed by atoms with van der Waals surface area (Å²) in [7, 11) is -3.93. The number of amides is 1. The van der Waals surface area contributed by atoms with Crippen molar-refractivity contribution < 1.29 is 42.1 Å². The van der Waals surface area contributed by atoms with E-state index in [1.165, 1.54) is 36.6 Å². The van der Waals surface area contributed by atoms with Crippen LogP contribution < -0.4 is 5.32 Å². The Labute approximate surface area is 207 Å². The number of hydrogen-bond acceptors (Lipinski definition) is 9. The molecule has 1 amide bonds. The average Bonchev–Trinajstić information content (AvgIpc) is 3.31. The lowest BCUT2D eigenvalue weighted by Crippen LogP contribution is -2.25. The smallest absolute Gasteiger partial charge is 0.375 e. The van der Waals surface area contributed by atoms with Crippen LogP contribution in [0.15, 0.2) is 64.1 Å². The van der Waals surface area contributed by atoms with Crippen LogP contribution in [0.4, 0.5) is 5.69 Å². The van der Waals surface area contributed by atoms with Crippen molar-refractivity contribution in [2.75, 3.05) is 11.9 Å². The summed E-state index contributed by atoms with van der Waals surface area (Å²) in [5, 5.41) is 11.8. The van der Waals surface area contributed by atoms with Gasteiger partial charge in [-0.1, -0.05) is 30.3 Å². The Hall–Kier alpha value is -3.80. The number of aliphatic hydroxyl groups excluding tert-OH is 1. The molecule has 0 unspecified atom stereocenters. The highest BCUT2D eigenvalue weighted by Crippen LogP contribution is 2.37. The van der Waals surface area contributed by atoms with Crippen LogP contribution in [0.3, 0.4) is 0 Å². The van der Waals surface area contributed by atoms with Crippen molar-refractivity contribution in [2.45, 2.75) is 37.0 Å². The number of aliphatic hydroxyl groups is 1. The third-order valence-electron chi connectivity index (χ3n) is 4.81. The van der Waals surface area contributed by atoms with Gasteiger partial charge in [0.05, 0.1) is 28.2 Å². The molecule has 11 heteroatoms. The first kappa shape index (κ1) is 26.8. The van der Waals surface area contributed by atoms with E-state index in [0.29, 0.717) is 6.29 Å². The van der Waals surface area contributed by atoms with Crippen molar-refractivity contribution in [1.82, 2.24) is 0 Å². The summed E-state index contributed by atoms with van der Waals surface area (Å²) >= 11 is 0. The SMILES string of the molecule is CC(C)(C)OOC(=O)c1c(CS(=O)(=O)c2ccccc2)ccc(-c2ccoc2C=O)c1NC(=O)CO. The van der Waals surface area contributed by atoms with Gasteiger partial charge in [0, 0.05) is 11.1 Å². The highest BCUT2D eigenvalue weighted by atomic mass is 32.2. The molecule has 0 aliphatic carbocycles. The van der Waals surface area contributed by atoms with E-state index in [-0.39, 0.29) is 38.6 Å². The summed E-state index contributed by atoms with van der Waals surface area (Å²) in [6.07, 6.45) is 1.69. The Morgan fingerprint density at radius 1 is 1.06 bits per heavy atom. The summed E-state index contributed by atoms with van der Waals surface area (Å²) in [6, 6.07) is 11.9. The number of hydrogen-bond donors (Lipinski definition) is 2. The zero-order chi connectivity index (χ0) is 26.5. The second-order valence-electron chi connectivity index (χ2n) is 8.68. The van der Waals surface area contributed by atoms with E-state index < -0.39 is 39.7 Å². The van der Waals surface area contributed by atoms with Gasteiger partial charge in [-0.15, -0.1) is 0 Å². The molecular formula is C25H25NO9S. The van der Waals surface area contributed by atoms with E-state index >= 15 is 0 Å². The standard InChI is InChI=1S/C25H25NO9S/c1-25(2,3)35-34-24(30)22-16(15-36(31,32)17-7-5-4-6-8-17)9-10-19(23(22)26-21(29)14-28)18-11-12-33-20(18)13-27/h4-13,28H,14-15H2,1-3H3,(H,26,29). The van der Waals surface area contributed by atoms with E-state index in [9.17, 15) is 27.9 Å². The molecular weight excluding hydrogens is 490 g/mol. The number of carbonyl (C=O) groups is 3. The number of rotatable bonds is 9. The van der Waals surface area contributed by atoms with Crippen molar-refractivity contribution >= 4 is 33.7 Å². The van der Waals surface area contributed by atoms with Gasteiger partial charge in [0.2, 0.25) is 5.91 Å².